The standard InChI is InChI=1S/C16H25NO2/c1-11-4-6-14(8-12(11)2)19-16-9-13(10-17)5-7-15(16)18-3/h5,7,9,11-12,14H,4,6,8,10,17H2,1-3H3. The zero-order valence-corrected chi connectivity index (χ0v) is 12.2. The Morgan fingerprint density at radius 3 is 2.58 bits per heavy atom. The molecule has 0 bridgehead atoms. The normalized spacial score (nSPS) is 27.1. The number of nitrogens with two attached hydrogens (primary N) is 1. The Kier molecular flexibility index (Phi) is 4.70. The Morgan fingerprint density at radius 2 is 1.95 bits per heavy atom. The van der Waals surface area contributed by atoms with E-state index in [4.69, 9.17) is 15.2 Å². The average molecular weight is 263 g/mol. The van der Waals surface area contributed by atoms with Crippen LogP contribution < -0.4 is 15.2 Å². The lowest BCUT2D eigenvalue weighted by atomic mass is 9.80. The molecule has 0 saturated heterocycles. The van der Waals surface area contributed by atoms with E-state index in [0.29, 0.717) is 12.6 Å². The summed E-state index contributed by atoms with van der Waals surface area (Å²) in [6.07, 6.45) is 3.79. The summed E-state index contributed by atoms with van der Waals surface area (Å²) in [6, 6.07) is 5.92. The molecule has 1 saturated carbocycles. The summed E-state index contributed by atoms with van der Waals surface area (Å²) >= 11 is 0. The van der Waals surface area contributed by atoms with Crippen LogP contribution in [0.4, 0.5) is 0 Å². The van der Waals surface area contributed by atoms with Crippen LogP contribution in [-0.4, -0.2) is 13.2 Å². The Balaban J connectivity index is 2.09. The molecule has 0 spiro atoms. The molecule has 3 atom stereocenters. The molecule has 106 valence electrons. The van der Waals surface area contributed by atoms with Gasteiger partial charge in [0.05, 0.1) is 13.2 Å². The number of hydrogen-bond acceptors (Lipinski definition) is 3. The number of hydrogen-bond donors (Lipinski definition) is 1. The molecule has 3 heteroatoms. The summed E-state index contributed by atoms with van der Waals surface area (Å²) < 4.78 is 11.5. The van der Waals surface area contributed by atoms with Gasteiger partial charge in [0.2, 0.25) is 0 Å². The maximum Gasteiger partial charge on any atom is 0.161 e. The lowest BCUT2D eigenvalue weighted by Gasteiger charge is -2.32. The smallest absolute Gasteiger partial charge is 0.161 e. The number of benzene rings is 1. The van der Waals surface area contributed by atoms with Crippen LogP contribution in [0.25, 0.3) is 0 Å². The monoisotopic (exact) mass is 263 g/mol. The van der Waals surface area contributed by atoms with Crippen LogP contribution in [0.3, 0.4) is 0 Å². The maximum absolute atomic E-state index is 6.16. The highest BCUT2D eigenvalue weighted by atomic mass is 16.5. The molecule has 0 amide bonds. The molecular weight excluding hydrogens is 238 g/mol. The van der Waals surface area contributed by atoms with Crippen molar-refractivity contribution in [2.45, 2.75) is 45.8 Å². The third-order valence-corrected chi connectivity index (χ3v) is 4.31. The predicted molar refractivity (Wildman–Crippen MR) is 77.5 cm³/mol. The first kappa shape index (κ1) is 14.2. The van der Waals surface area contributed by atoms with Gasteiger partial charge in [-0.1, -0.05) is 19.9 Å². The predicted octanol–water partition coefficient (Wildman–Crippen LogP) is 3.36. The van der Waals surface area contributed by atoms with E-state index in [9.17, 15) is 0 Å². The molecule has 1 fully saturated rings. The highest BCUT2D eigenvalue weighted by Crippen LogP contribution is 2.35. The van der Waals surface area contributed by atoms with Gasteiger partial charge in [-0.15, -0.1) is 0 Å². The second-order valence-electron chi connectivity index (χ2n) is 5.70. The molecule has 1 aliphatic rings. The van der Waals surface area contributed by atoms with Crippen LogP contribution in [-0.2, 0) is 6.54 Å². The van der Waals surface area contributed by atoms with Crippen LogP contribution in [0.2, 0.25) is 0 Å². The van der Waals surface area contributed by atoms with Gasteiger partial charge in [0.25, 0.3) is 0 Å². The molecule has 0 radical (unpaired) electrons. The van der Waals surface area contributed by atoms with Crippen LogP contribution in [0.1, 0.15) is 38.7 Å². The molecule has 1 aromatic carbocycles. The summed E-state index contributed by atoms with van der Waals surface area (Å²) in [4.78, 5) is 0. The largest absolute Gasteiger partial charge is 0.493 e. The van der Waals surface area contributed by atoms with Gasteiger partial charge in [0.15, 0.2) is 11.5 Å². The second kappa shape index (κ2) is 6.29. The molecule has 1 aromatic rings. The van der Waals surface area contributed by atoms with Gasteiger partial charge in [-0.3, -0.25) is 0 Å². The van der Waals surface area contributed by atoms with E-state index in [2.05, 4.69) is 13.8 Å². The fourth-order valence-electron chi connectivity index (χ4n) is 2.72. The van der Waals surface area contributed by atoms with E-state index in [1.54, 1.807) is 7.11 Å². The first-order valence-electron chi connectivity index (χ1n) is 7.17. The molecule has 2 rings (SSSR count). The van der Waals surface area contributed by atoms with E-state index in [1.807, 2.05) is 18.2 Å². The summed E-state index contributed by atoms with van der Waals surface area (Å²) in [5.74, 6) is 3.15. The van der Waals surface area contributed by atoms with Gasteiger partial charge in [-0.2, -0.15) is 0 Å². The fraction of sp³-hybridized carbons (Fsp3) is 0.625. The summed E-state index contributed by atoms with van der Waals surface area (Å²) in [5, 5.41) is 0. The van der Waals surface area contributed by atoms with E-state index < -0.39 is 0 Å². The van der Waals surface area contributed by atoms with Crippen molar-refractivity contribution >= 4 is 0 Å². The van der Waals surface area contributed by atoms with E-state index >= 15 is 0 Å². The van der Waals surface area contributed by atoms with Crippen LogP contribution in [0.15, 0.2) is 18.2 Å². The molecule has 0 heterocycles. The first-order valence-corrected chi connectivity index (χ1v) is 7.17. The minimum atomic E-state index is 0.299. The van der Waals surface area contributed by atoms with Crippen molar-refractivity contribution in [3.8, 4) is 11.5 Å². The number of methoxy groups -OCH3 is 1. The SMILES string of the molecule is COc1ccc(CN)cc1OC1CCC(C)C(C)C1. The first-order chi connectivity index (χ1) is 9.13. The Morgan fingerprint density at radius 1 is 1.16 bits per heavy atom. The molecule has 19 heavy (non-hydrogen) atoms. The fourth-order valence-corrected chi connectivity index (χ4v) is 2.72. The highest BCUT2D eigenvalue weighted by molar-refractivity contribution is 5.43. The van der Waals surface area contributed by atoms with Crippen molar-refractivity contribution < 1.29 is 9.47 Å². The minimum Gasteiger partial charge on any atom is -0.493 e. The quantitative estimate of drug-likeness (QED) is 0.906. The van der Waals surface area contributed by atoms with Gasteiger partial charge < -0.3 is 15.2 Å². The lowest BCUT2D eigenvalue weighted by Crippen LogP contribution is -2.28. The minimum absolute atomic E-state index is 0.299. The van der Waals surface area contributed by atoms with Crippen LogP contribution in [0.5, 0.6) is 11.5 Å². The molecule has 1 aliphatic carbocycles. The second-order valence-corrected chi connectivity index (χ2v) is 5.70. The highest BCUT2D eigenvalue weighted by Gasteiger charge is 2.26. The third kappa shape index (κ3) is 3.41. The van der Waals surface area contributed by atoms with Crippen LogP contribution >= 0.6 is 0 Å². The molecular formula is C16H25NO2. The summed E-state index contributed by atoms with van der Waals surface area (Å²) in [7, 11) is 1.68. The summed E-state index contributed by atoms with van der Waals surface area (Å²) in [6.45, 7) is 5.17. The molecule has 3 nitrogen and oxygen atoms in total. The third-order valence-electron chi connectivity index (χ3n) is 4.31. The van der Waals surface area contributed by atoms with Gasteiger partial charge >= 0.3 is 0 Å². The van der Waals surface area contributed by atoms with Crippen molar-refractivity contribution in [3.63, 3.8) is 0 Å². The Labute approximate surface area is 116 Å². The summed E-state index contributed by atoms with van der Waals surface area (Å²) in [5.41, 5.74) is 6.76. The molecule has 2 N–H and O–H groups in total. The number of ether oxygens (including phenoxy) is 2. The Hall–Kier alpha value is -1.22. The van der Waals surface area contributed by atoms with Crippen molar-refractivity contribution in [2.75, 3.05) is 7.11 Å². The topological polar surface area (TPSA) is 44.5 Å². The lowest BCUT2D eigenvalue weighted by molar-refractivity contribution is 0.0976. The average Bonchev–Trinajstić information content (AvgIpc) is 2.43. The Bertz CT molecular complexity index is 419. The van der Waals surface area contributed by atoms with Crippen molar-refractivity contribution in [2.24, 2.45) is 17.6 Å². The number of rotatable bonds is 4. The van der Waals surface area contributed by atoms with Crippen molar-refractivity contribution in [3.05, 3.63) is 23.8 Å². The van der Waals surface area contributed by atoms with Crippen molar-refractivity contribution in [1.29, 1.82) is 0 Å². The zero-order chi connectivity index (χ0) is 13.8. The van der Waals surface area contributed by atoms with Gasteiger partial charge in [0, 0.05) is 6.54 Å². The molecule has 0 aliphatic heterocycles. The maximum atomic E-state index is 6.16. The molecule has 0 aromatic heterocycles. The van der Waals surface area contributed by atoms with Gasteiger partial charge in [0.1, 0.15) is 0 Å². The van der Waals surface area contributed by atoms with Crippen LogP contribution in [0, 0.1) is 11.8 Å². The van der Waals surface area contributed by atoms with Crippen molar-refractivity contribution in [1.82, 2.24) is 0 Å². The van der Waals surface area contributed by atoms with Gasteiger partial charge in [-0.05, 0) is 48.8 Å². The van der Waals surface area contributed by atoms with Gasteiger partial charge in [-0.25, -0.2) is 0 Å². The molecule has 3 unspecified atom stereocenters. The zero-order valence-electron chi connectivity index (χ0n) is 12.2. The van der Waals surface area contributed by atoms with E-state index in [0.717, 1.165) is 41.7 Å². The van der Waals surface area contributed by atoms with E-state index in [1.165, 1.54) is 6.42 Å². The van der Waals surface area contributed by atoms with E-state index in [-0.39, 0.29) is 0 Å².